The van der Waals surface area contributed by atoms with E-state index < -0.39 is 11.7 Å². The standard InChI is InChI=1S/C17H14FN5O2S.C5H10O/c1-9-4-11(23-26)6-13-16(9)17(21-8-20-13)22-12-3-2-10(18)5-14(12)25-7-15(19)24;6-5-3-1-2-4-5/h2-6,8H,7H2,1H3,(H2,19,24)(H,20,21,22);5-6H,1-4H2. The second kappa shape index (κ2) is 10.9. The molecule has 0 saturated heterocycles. The Hall–Kier alpha value is -3.24. The van der Waals surface area contributed by atoms with E-state index in [2.05, 4.69) is 19.6 Å². The Labute approximate surface area is 190 Å². The molecule has 0 atom stereocenters. The number of anilines is 2. The molecule has 1 aliphatic rings. The van der Waals surface area contributed by atoms with Crippen molar-refractivity contribution in [1.29, 1.82) is 0 Å². The Balaban J connectivity index is 0.000000416. The van der Waals surface area contributed by atoms with Gasteiger partial charge in [-0.05, 0) is 49.6 Å². The van der Waals surface area contributed by atoms with Crippen LogP contribution in [0.1, 0.15) is 31.2 Å². The topological polar surface area (TPSA) is 123 Å². The van der Waals surface area contributed by atoms with Crippen LogP contribution in [-0.2, 0) is 17.2 Å². The molecule has 1 aromatic heterocycles. The summed E-state index contributed by atoms with van der Waals surface area (Å²) in [4.78, 5) is 19.4. The van der Waals surface area contributed by atoms with Crippen molar-refractivity contribution in [2.24, 2.45) is 10.1 Å². The monoisotopic (exact) mass is 457 g/mol. The van der Waals surface area contributed by atoms with Crippen LogP contribution in [0.15, 0.2) is 41.0 Å². The summed E-state index contributed by atoms with van der Waals surface area (Å²) in [5, 5.41) is 12.6. The van der Waals surface area contributed by atoms with E-state index in [0.29, 0.717) is 22.7 Å². The average molecular weight is 458 g/mol. The number of amides is 1. The molecule has 0 bridgehead atoms. The number of hydrogen-bond donors (Lipinski definition) is 3. The molecule has 3 aromatic rings. The first-order valence-corrected chi connectivity index (χ1v) is 10.5. The van der Waals surface area contributed by atoms with Crippen LogP contribution in [0.3, 0.4) is 0 Å². The average Bonchev–Trinajstić information content (AvgIpc) is 3.25. The number of carbonyl (C=O) groups excluding carboxylic acids is 1. The van der Waals surface area contributed by atoms with Crippen LogP contribution < -0.4 is 15.8 Å². The van der Waals surface area contributed by atoms with Gasteiger partial charge in [0, 0.05) is 23.9 Å². The van der Waals surface area contributed by atoms with E-state index in [9.17, 15) is 9.18 Å². The molecule has 32 heavy (non-hydrogen) atoms. The number of nitrogens with two attached hydrogens (primary N) is 1. The van der Waals surface area contributed by atoms with Crippen LogP contribution in [0, 0.1) is 12.7 Å². The molecule has 0 unspecified atom stereocenters. The number of aliphatic hydroxyl groups excluding tert-OH is 1. The smallest absolute Gasteiger partial charge is 0.255 e. The van der Waals surface area contributed by atoms with E-state index in [1.807, 2.05) is 13.0 Å². The van der Waals surface area contributed by atoms with E-state index in [4.69, 9.17) is 28.0 Å². The van der Waals surface area contributed by atoms with Gasteiger partial charge in [0.15, 0.2) is 6.61 Å². The van der Waals surface area contributed by atoms with Crippen molar-refractivity contribution in [1.82, 2.24) is 9.97 Å². The third-order valence-electron chi connectivity index (χ3n) is 4.92. The number of fused-ring (bicyclic) bond motifs is 1. The van der Waals surface area contributed by atoms with Gasteiger partial charge < -0.3 is 20.9 Å². The van der Waals surface area contributed by atoms with Crippen molar-refractivity contribution in [2.75, 3.05) is 11.9 Å². The lowest BCUT2D eigenvalue weighted by atomic mass is 10.1. The number of rotatable bonds is 6. The molecule has 1 heterocycles. The molecule has 4 rings (SSSR count). The van der Waals surface area contributed by atoms with Gasteiger partial charge in [0.25, 0.3) is 5.91 Å². The minimum absolute atomic E-state index is 0.0463. The normalized spacial score (nSPS) is 13.3. The first kappa shape index (κ1) is 23.4. The molecule has 0 aliphatic heterocycles. The SMILES string of the molecule is Cc1cc(N=S)cc2ncnc(Nc3ccc(F)cc3OCC(N)=O)c12.OC1CCCC1. The quantitative estimate of drug-likeness (QED) is 0.512. The largest absolute Gasteiger partial charge is 0.481 e. The van der Waals surface area contributed by atoms with Crippen molar-refractivity contribution < 1.29 is 19.0 Å². The molecule has 1 aliphatic carbocycles. The van der Waals surface area contributed by atoms with Gasteiger partial charge in [-0.1, -0.05) is 12.8 Å². The Morgan fingerprint density at radius 1 is 1.31 bits per heavy atom. The van der Waals surface area contributed by atoms with Gasteiger partial charge in [-0.15, -0.1) is 0 Å². The molecular weight excluding hydrogens is 433 g/mol. The summed E-state index contributed by atoms with van der Waals surface area (Å²) in [5.74, 6) is -0.525. The maximum atomic E-state index is 13.5. The van der Waals surface area contributed by atoms with Gasteiger partial charge in [0.2, 0.25) is 0 Å². The van der Waals surface area contributed by atoms with E-state index in [0.717, 1.165) is 29.9 Å². The number of benzene rings is 2. The summed E-state index contributed by atoms with van der Waals surface area (Å²) in [6, 6.07) is 7.48. The number of hydrogen-bond acceptors (Lipinski definition) is 8. The van der Waals surface area contributed by atoms with E-state index >= 15 is 0 Å². The Bertz CT molecular complexity index is 1120. The molecule has 168 valence electrons. The highest BCUT2D eigenvalue weighted by Crippen LogP contribution is 2.33. The maximum Gasteiger partial charge on any atom is 0.255 e. The molecule has 0 spiro atoms. The molecule has 1 amide bonds. The molecule has 2 aromatic carbocycles. The lowest BCUT2D eigenvalue weighted by Crippen LogP contribution is -2.20. The fourth-order valence-electron chi connectivity index (χ4n) is 3.42. The summed E-state index contributed by atoms with van der Waals surface area (Å²) in [7, 11) is 0. The number of halogens is 1. The highest BCUT2D eigenvalue weighted by molar-refractivity contribution is 7.47. The summed E-state index contributed by atoms with van der Waals surface area (Å²) in [6.45, 7) is 1.52. The Kier molecular flexibility index (Phi) is 7.96. The number of carbonyl (C=O) groups is 1. The van der Waals surface area contributed by atoms with Gasteiger partial charge in [0.05, 0.1) is 23.0 Å². The Morgan fingerprint density at radius 2 is 2.06 bits per heavy atom. The minimum atomic E-state index is -0.663. The molecule has 1 saturated carbocycles. The summed E-state index contributed by atoms with van der Waals surface area (Å²) in [5.41, 5.74) is 7.68. The van der Waals surface area contributed by atoms with Crippen molar-refractivity contribution in [3.63, 3.8) is 0 Å². The van der Waals surface area contributed by atoms with Crippen LogP contribution in [-0.4, -0.2) is 33.7 Å². The number of ether oxygens (including phenoxy) is 1. The second-order valence-electron chi connectivity index (χ2n) is 7.43. The highest BCUT2D eigenvalue weighted by atomic mass is 32.1. The predicted octanol–water partition coefficient (Wildman–Crippen LogP) is 3.97. The number of primary amides is 1. The number of nitrogens with one attached hydrogen (secondary N) is 1. The predicted molar refractivity (Wildman–Crippen MR) is 123 cm³/mol. The number of aromatic nitrogens is 2. The third-order valence-corrected chi connectivity index (χ3v) is 5.13. The molecule has 8 nitrogen and oxygen atoms in total. The Morgan fingerprint density at radius 3 is 2.69 bits per heavy atom. The molecule has 0 radical (unpaired) electrons. The third kappa shape index (κ3) is 6.14. The second-order valence-corrected chi connectivity index (χ2v) is 7.61. The summed E-state index contributed by atoms with van der Waals surface area (Å²) < 4.78 is 22.6. The van der Waals surface area contributed by atoms with Crippen molar-refractivity contribution in [2.45, 2.75) is 38.7 Å². The van der Waals surface area contributed by atoms with Gasteiger partial charge in [-0.25, -0.2) is 14.4 Å². The lowest BCUT2D eigenvalue weighted by Gasteiger charge is -2.14. The van der Waals surface area contributed by atoms with Crippen molar-refractivity contribution in [3.8, 4) is 5.75 Å². The fraction of sp³-hybridized carbons (Fsp3) is 0.318. The van der Waals surface area contributed by atoms with Crippen LogP contribution in [0.4, 0.5) is 21.6 Å². The zero-order chi connectivity index (χ0) is 23.1. The van der Waals surface area contributed by atoms with E-state index in [1.54, 1.807) is 6.07 Å². The van der Waals surface area contributed by atoms with Gasteiger partial charge in [-0.2, -0.15) is 4.36 Å². The van der Waals surface area contributed by atoms with Gasteiger partial charge in [0.1, 0.15) is 23.7 Å². The first-order chi connectivity index (χ1) is 15.4. The number of aliphatic hydroxyl groups is 1. The van der Waals surface area contributed by atoms with Crippen molar-refractivity contribution in [3.05, 3.63) is 48.0 Å². The minimum Gasteiger partial charge on any atom is -0.481 e. The molecule has 10 heteroatoms. The first-order valence-electron chi connectivity index (χ1n) is 10.1. The van der Waals surface area contributed by atoms with Crippen LogP contribution in [0.2, 0.25) is 0 Å². The molecule has 1 fully saturated rings. The molecule has 4 N–H and O–H groups in total. The van der Waals surface area contributed by atoms with Crippen molar-refractivity contribution >= 4 is 46.4 Å². The zero-order valence-electron chi connectivity index (χ0n) is 17.5. The van der Waals surface area contributed by atoms with Crippen LogP contribution >= 0.6 is 0 Å². The number of nitrogens with zero attached hydrogens (tertiary/aromatic N) is 3. The van der Waals surface area contributed by atoms with E-state index in [-0.39, 0.29) is 18.5 Å². The van der Waals surface area contributed by atoms with E-state index in [1.165, 1.54) is 31.3 Å². The highest BCUT2D eigenvalue weighted by Gasteiger charge is 2.13. The van der Waals surface area contributed by atoms with Gasteiger partial charge in [-0.3, -0.25) is 4.79 Å². The maximum absolute atomic E-state index is 13.5. The van der Waals surface area contributed by atoms with Crippen LogP contribution in [0.25, 0.3) is 10.9 Å². The summed E-state index contributed by atoms with van der Waals surface area (Å²) >= 11 is 4.73. The summed E-state index contributed by atoms with van der Waals surface area (Å²) in [6.07, 6.45) is 6.00. The number of aryl methyl sites for hydroxylation is 1. The van der Waals surface area contributed by atoms with Crippen LogP contribution in [0.5, 0.6) is 5.75 Å². The van der Waals surface area contributed by atoms with Gasteiger partial charge >= 0.3 is 0 Å². The lowest BCUT2D eigenvalue weighted by molar-refractivity contribution is -0.119. The molecular formula is C22H24FN5O3S. The zero-order valence-corrected chi connectivity index (χ0v) is 18.4. The fourth-order valence-corrected chi connectivity index (χ4v) is 3.53.